The van der Waals surface area contributed by atoms with Crippen LogP contribution in [0.2, 0.25) is 0 Å². The number of hydrazine groups is 1. The fourth-order valence-corrected chi connectivity index (χ4v) is 2.90. The third-order valence-electron chi connectivity index (χ3n) is 3.91. The van der Waals surface area contributed by atoms with E-state index in [9.17, 15) is 0 Å². The molecular formula is C13H20N6. The minimum atomic E-state index is 0.477. The molecule has 6 heteroatoms. The average Bonchev–Trinajstić information content (AvgIpc) is 2.86. The van der Waals surface area contributed by atoms with Gasteiger partial charge in [-0.1, -0.05) is 6.92 Å². The Labute approximate surface area is 112 Å². The molecule has 1 aliphatic heterocycles. The number of nitrogen functional groups attached to an aromatic ring is 1. The predicted octanol–water partition coefficient (Wildman–Crippen LogP) is 1.64. The van der Waals surface area contributed by atoms with Crippen molar-refractivity contribution in [2.24, 2.45) is 11.8 Å². The summed E-state index contributed by atoms with van der Waals surface area (Å²) in [7, 11) is 0. The molecule has 2 unspecified atom stereocenters. The Balaban J connectivity index is 2.05. The number of nitrogens with zero attached hydrogens (tertiary/aromatic N) is 4. The van der Waals surface area contributed by atoms with Crippen LogP contribution in [-0.4, -0.2) is 27.0 Å². The van der Waals surface area contributed by atoms with Gasteiger partial charge in [-0.15, -0.1) is 0 Å². The van der Waals surface area contributed by atoms with E-state index in [-0.39, 0.29) is 0 Å². The number of fused-ring (bicyclic) bond motifs is 1. The fraction of sp³-hybridized carbons (Fsp3) is 0.538. The van der Waals surface area contributed by atoms with Gasteiger partial charge in [-0.25, -0.2) is 15.8 Å². The molecule has 2 aromatic rings. The highest BCUT2D eigenvalue weighted by molar-refractivity contribution is 5.67. The molecule has 1 aliphatic rings. The lowest BCUT2D eigenvalue weighted by molar-refractivity contribution is 0.376. The summed E-state index contributed by atoms with van der Waals surface area (Å²) in [5, 5.41) is 0. The summed E-state index contributed by atoms with van der Waals surface area (Å²) >= 11 is 0. The van der Waals surface area contributed by atoms with E-state index in [0.717, 1.165) is 23.9 Å². The van der Waals surface area contributed by atoms with Gasteiger partial charge in [0.25, 0.3) is 0 Å². The van der Waals surface area contributed by atoms with Crippen molar-refractivity contribution in [3.8, 4) is 0 Å². The van der Waals surface area contributed by atoms with Crippen molar-refractivity contribution < 1.29 is 0 Å². The molecule has 0 radical (unpaired) electrons. The second-order valence-electron chi connectivity index (χ2n) is 5.42. The highest BCUT2D eigenvalue weighted by Gasteiger charge is 2.26. The van der Waals surface area contributed by atoms with Gasteiger partial charge in [-0.05, 0) is 25.7 Å². The van der Waals surface area contributed by atoms with Crippen molar-refractivity contribution in [3.05, 3.63) is 18.6 Å². The molecule has 3 heterocycles. The van der Waals surface area contributed by atoms with E-state index in [4.69, 9.17) is 5.84 Å². The van der Waals surface area contributed by atoms with E-state index in [1.807, 2.05) is 16.8 Å². The van der Waals surface area contributed by atoms with Gasteiger partial charge in [-0.3, -0.25) is 0 Å². The second kappa shape index (κ2) is 4.70. The van der Waals surface area contributed by atoms with E-state index in [2.05, 4.69) is 34.1 Å². The van der Waals surface area contributed by atoms with Crippen LogP contribution in [0.1, 0.15) is 26.7 Å². The molecule has 1 saturated heterocycles. The van der Waals surface area contributed by atoms with Crippen molar-refractivity contribution in [1.82, 2.24) is 14.4 Å². The maximum absolute atomic E-state index is 5.50. The summed E-state index contributed by atoms with van der Waals surface area (Å²) in [4.78, 5) is 11.3. The van der Waals surface area contributed by atoms with Crippen LogP contribution in [0.3, 0.4) is 0 Å². The zero-order valence-electron chi connectivity index (χ0n) is 11.4. The first-order chi connectivity index (χ1) is 9.19. The van der Waals surface area contributed by atoms with Gasteiger partial charge in [-0.2, -0.15) is 0 Å². The maximum Gasteiger partial charge on any atom is 0.180 e. The molecule has 0 aliphatic carbocycles. The summed E-state index contributed by atoms with van der Waals surface area (Å²) in [5.41, 5.74) is 3.51. The number of rotatable bonds is 2. The van der Waals surface area contributed by atoms with Crippen molar-refractivity contribution in [1.29, 1.82) is 0 Å². The molecule has 19 heavy (non-hydrogen) atoms. The predicted molar refractivity (Wildman–Crippen MR) is 76.0 cm³/mol. The van der Waals surface area contributed by atoms with Gasteiger partial charge in [0.1, 0.15) is 0 Å². The number of nitrogens with one attached hydrogen (secondary N) is 1. The normalized spacial score (nSPS) is 23.8. The molecule has 0 saturated carbocycles. The Morgan fingerprint density at radius 2 is 2.26 bits per heavy atom. The number of hydrogen-bond acceptors (Lipinski definition) is 5. The van der Waals surface area contributed by atoms with Gasteiger partial charge in [0.05, 0.1) is 6.20 Å². The number of aromatic nitrogens is 3. The molecule has 3 rings (SSSR count). The van der Waals surface area contributed by atoms with Crippen LogP contribution >= 0.6 is 0 Å². The van der Waals surface area contributed by atoms with E-state index in [0.29, 0.717) is 11.9 Å². The molecule has 3 N–H and O–H groups in total. The summed E-state index contributed by atoms with van der Waals surface area (Å²) < 4.78 is 1.96. The van der Waals surface area contributed by atoms with E-state index in [1.54, 1.807) is 6.20 Å². The summed E-state index contributed by atoms with van der Waals surface area (Å²) in [6.07, 6.45) is 7.94. The quantitative estimate of drug-likeness (QED) is 0.634. The van der Waals surface area contributed by atoms with Crippen molar-refractivity contribution in [3.63, 3.8) is 0 Å². The molecular weight excluding hydrogens is 240 g/mol. The Morgan fingerprint density at radius 3 is 3.00 bits per heavy atom. The standard InChI is InChI=1S/C13H20N6/c1-9-3-5-19(10(2)7-9)13-12-15-4-6-18(12)8-11(16-13)17-14/h4,6,8-10,17H,3,5,7,14H2,1-2H3. The zero-order chi connectivity index (χ0) is 13.4. The minimum absolute atomic E-state index is 0.477. The van der Waals surface area contributed by atoms with Crippen LogP contribution in [0.15, 0.2) is 18.6 Å². The van der Waals surface area contributed by atoms with Crippen molar-refractivity contribution in [2.45, 2.75) is 32.7 Å². The average molecular weight is 260 g/mol. The molecule has 2 aromatic heterocycles. The number of piperidine rings is 1. The van der Waals surface area contributed by atoms with Crippen LogP contribution in [0.25, 0.3) is 5.65 Å². The Kier molecular flexibility index (Phi) is 3.02. The number of anilines is 2. The highest BCUT2D eigenvalue weighted by Crippen LogP contribution is 2.29. The SMILES string of the molecule is CC1CCN(c2nc(NN)cn3ccnc23)C(C)C1. The van der Waals surface area contributed by atoms with Crippen molar-refractivity contribution >= 4 is 17.3 Å². The lowest BCUT2D eigenvalue weighted by Crippen LogP contribution is -2.41. The Bertz CT molecular complexity index is 578. The second-order valence-corrected chi connectivity index (χ2v) is 5.42. The zero-order valence-corrected chi connectivity index (χ0v) is 11.4. The van der Waals surface area contributed by atoms with E-state index in [1.165, 1.54) is 12.8 Å². The molecule has 2 atom stereocenters. The summed E-state index contributed by atoms with van der Waals surface area (Å²) in [6, 6.07) is 0.477. The van der Waals surface area contributed by atoms with E-state index >= 15 is 0 Å². The third-order valence-corrected chi connectivity index (χ3v) is 3.91. The Hall–Kier alpha value is -1.82. The molecule has 0 spiro atoms. The van der Waals surface area contributed by atoms with Crippen LogP contribution in [-0.2, 0) is 0 Å². The van der Waals surface area contributed by atoms with Gasteiger partial charge in [0, 0.05) is 25.0 Å². The number of hydrogen-bond donors (Lipinski definition) is 2. The first kappa shape index (κ1) is 12.2. The van der Waals surface area contributed by atoms with Gasteiger partial charge in [0.15, 0.2) is 17.3 Å². The summed E-state index contributed by atoms with van der Waals surface area (Å²) in [6.45, 7) is 5.58. The molecule has 0 aromatic carbocycles. The number of imidazole rings is 1. The highest BCUT2D eigenvalue weighted by atomic mass is 15.3. The monoisotopic (exact) mass is 260 g/mol. The van der Waals surface area contributed by atoms with Crippen LogP contribution in [0.4, 0.5) is 11.6 Å². The van der Waals surface area contributed by atoms with Crippen molar-refractivity contribution in [2.75, 3.05) is 16.9 Å². The van der Waals surface area contributed by atoms with Crippen LogP contribution in [0, 0.1) is 5.92 Å². The maximum atomic E-state index is 5.50. The number of nitrogens with two attached hydrogens (primary N) is 1. The van der Waals surface area contributed by atoms with Gasteiger partial charge < -0.3 is 14.7 Å². The minimum Gasteiger partial charge on any atom is -0.351 e. The molecule has 0 bridgehead atoms. The smallest absolute Gasteiger partial charge is 0.180 e. The van der Waals surface area contributed by atoms with Gasteiger partial charge in [0.2, 0.25) is 0 Å². The van der Waals surface area contributed by atoms with Crippen LogP contribution < -0.4 is 16.2 Å². The lowest BCUT2D eigenvalue weighted by atomic mass is 9.93. The van der Waals surface area contributed by atoms with E-state index < -0.39 is 0 Å². The molecule has 0 amide bonds. The summed E-state index contributed by atoms with van der Waals surface area (Å²) in [5.74, 6) is 7.85. The first-order valence-corrected chi connectivity index (χ1v) is 6.76. The largest absolute Gasteiger partial charge is 0.351 e. The molecule has 102 valence electrons. The third kappa shape index (κ3) is 2.12. The Morgan fingerprint density at radius 1 is 1.42 bits per heavy atom. The first-order valence-electron chi connectivity index (χ1n) is 6.76. The van der Waals surface area contributed by atoms with Crippen LogP contribution in [0.5, 0.6) is 0 Å². The fourth-order valence-electron chi connectivity index (χ4n) is 2.90. The molecule has 6 nitrogen and oxygen atoms in total. The molecule has 1 fully saturated rings. The topological polar surface area (TPSA) is 71.5 Å². The lowest BCUT2D eigenvalue weighted by Gasteiger charge is -2.37. The van der Waals surface area contributed by atoms with Gasteiger partial charge >= 0.3 is 0 Å².